The van der Waals surface area contributed by atoms with Crippen LogP contribution < -0.4 is 0 Å². The Morgan fingerprint density at radius 2 is 2.29 bits per heavy atom. The fraction of sp³-hybridized carbons (Fsp3) is 0.100. The zero-order valence-electron chi connectivity index (χ0n) is 7.19. The molecular formula is C10H7NOS2. The van der Waals surface area contributed by atoms with Gasteiger partial charge in [0.05, 0.1) is 16.7 Å². The molecule has 0 amide bonds. The van der Waals surface area contributed by atoms with Gasteiger partial charge < -0.3 is 5.11 Å². The second-order valence-corrected chi connectivity index (χ2v) is 4.68. The lowest BCUT2D eigenvalue weighted by atomic mass is 10.1. The van der Waals surface area contributed by atoms with E-state index in [4.69, 9.17) is 5.26 Å². The van der Waals surface area contributed by atoms with Crippen LogP contribution >= 0.6 is 24.0 Å². The van der Waals surface area contributed by atoms with Gasteiger partial charge in [-0.05, 0) is 11.6 Å². The van der Waals surface area contributed by atoms with Crippen molar-refractivity contribution >= 4 is 34.1 Å². The number of hydrogen-bond donors (Lipinski definition) is 2. The van der Waals surface area contributed by atoms with Crippen molar-refractivity contribution in [3.63, 3.8) is 0 Å². The van der Waals surface area contributed by atoms with Gasteiger partial charge in [-0.2, -0.15) is 5.26 Å². The van der Waals surface area contributed by atoms with Gasteiger partial charge in [0.2, 0.25) is 0 Å². The summed E-state index contributed by atoms with van der Waals surface area (Å²) in [5.74, 6) is 0.194. The van der Waals surface area contributed by atoms with Gasteiger partial charge in [0.1, 0.15) is 5.75 Å². The molecule has 0 fully saturated rings. The number of nitrogens with zero attached hydrogens (tertiary/aromatic N) is 1. The maximum Gasteiger partial charge on any atom is 0.147 e. The molecule has 0 saturated carbocycles. The fourth-order valence-corrected chi connectivity index (χ4v) is 2.71. The van der Waals surface area contributed by atoms with Crippen molar-refractivity contribution in [2.45, 2.75) is 10.6 Å². The molecule has 0 aliphatic rings. The Morgan fingerprint density at radius 1 is 1.50 bits per heavy atom. The summed E-state index contributed by atoms with van der Waals surface area (Å²) in [7, 11) is 0. The highest BCUT2D eigenvalue weighted by Crippen LogP contribution is 2.40. The minimum absolute atomic E-state index is 0.194. The van der Waals surface area contributed by atoms with Crippen molar-refractivity contribution in [1.29, 1.82) is 5.26 Å². The molecule has 0 bridgehead atoms. The van der Waals surface area contributed by atoms with Crippen molar-refractivity contribution in [2.75, 3.05) is 0 Å². The van der Waals surface area contributed by atoms with Crippen molar-refractivity contribution in [2.24, 2.45) is 0 Å². The van der Waals surface area contributed by atoms with Gasteiger partial charge in [-0.25, -0.2) is 0 Å². The van der Waals surface area contributed by atoms with E-state index in [1.165, 1.54) is 11.3 Å². The lowest BCUT2D eigenvalue weighted by Crippen LogP contribution is -1.81. The molecule has 2 aromatic rings. The van der Waals surface area contributed by atoms with Gasteiger partial charge in [-0.15, -0.1) is 24.0 Å². The summed E-state index contributed by atoms with van der Waals surface area (Å²) in [4.78, 5) is 0. The monoisotopic (exact) mass is 221 g/mol. The standard InChI is InChI=1S/C10H7NOS2/c11-5-4-6-2-1-3-7-8(6)9(12)10(13)14-7/h1-3,12-13H,4H2. The van der Waals surface area contributed by atoms with Gasteiger partial charge in [0, 0.05) is 10.1 Å². The van der Waals surface area contributed by atoms with Crippen LogP contribution in [0.3, 0.4) is 0 Å². The third-order valence-electron chi connectivity index (χ3n) is 2.03. The van der Waals surface area contributed by atoms with E-state index in [1.807, 2.05) is 18.2 Å². The van der Waals surface area contributed by atoms with E-state index in [0.29, 0.717) is 10.6 Å². The zero-order chi connectivity index (χ0) is 10.1. The lowest BCUT2D eigenvalue weighted by Gasteiger charge is -1.97. The third-order valence-corrected chi connectivity index (χ3v) is 3.46. The van der Waals surface area contributed by atoms with Crippen LogP contribution in [0.15, 0.2) is 22.4 Å². The molecule has 0 saturated heterocycles. The summed E-state index contributed by atoms with van der Waals surface area (Å²) in [6.45, 7) is 0. The van der Waals surface area contributed by atoms with Crippen LogP contribution in [0.5, 0.6) is 5.75 Å². The van der Waals surface area contributed by atoms with E-state index in [2.05, 4.69) is 18.7 Å². The summed E-state index contributed by atoms with van der Waals surface area (Å²) in [5.41, 5.74) is 0.860. The predicted octanol–water partition coefficient (Wildman–Crippen LogP) is 2.96. The topological polar surface area (TPSA) is 44.0 Å². The van der Waals surface area contributed by atoms with Crippen LogP contribution in [0.4, 0.5) is 0 Å². The maximum atomic E-state index is 9.73. The van der Waals surface area contributed by atoms with Gasteiger partial charge in [0.25, 0.3) is 0 Å². The molecule has 0 unspecified atom stereocenters. The second kappa shape index (κ2) is 3.52. The van der Waals surface area contributed by atoms with Gasteiger partial charge >= 0.3 is 0 Å². The normalized spacial score (nSPS) is 10.3. The summed E-state index contributed by atoms with van der Waals surface area (Å²) in [6.07, 6.45) is 0.314. The van der Waals surface area contributed by atoms with E-state index >= 15 is 0 Å². The van der Waals surface area contributed by atoms with Crippen LogP contribution in [0.25, 0.3) is 10.1 Å². The van der Waals surface area contributed by atoms with Gasteiger partial charge in [-0.1, -0.05) is 12.1 Å². The Hall–Kier alpha value is -1.18. The number of aromatic hydroxyl groups is 1. The van der Waals surface area contributed by atoms with E-state index < -0.39 is 0 Å². The maximum absolute atomic E-state index is 9.73. The number of thiophene rings is 1. The summed E-state index contributed by atoms with van der Waals surface area (Å²) in [5, 5.41) is 19.1. The highest BCUT2D eigenvalue weighted by molar-refractivity contribution is 7.83. The van der Waals surface area contributed by atoms with Crippen LogP contribution in [-0.4, -0.2) is 5.11 Å². The highest BCUT2D eigenvalue weighted by atomic mass is 32.2. The third kappa shape index (κ3) is 1.35. The lowest BCUT2D eigenvalue weighted by molar-refractivity contribution is 0.473. The first-order valence-electron chi connectivity index (χ1n) is 4.03. The highest BCUT2D eigenvalue weighted by Gasteiger charge is 2.11. The van der Waals surface area contributed by atoms with E-state index in [0.717, 1.165) is 15.6 Å². The van der Waals surface area contributed by atoms with Crippen molar-refractivity contribution in [1.82, 2.24) is 0 Å². The van der Waals surface area contributed by atoms with Gasteiger partial charge in [0.15, 0.2) is 0 Å². The molecule has 4 heteroatoms. The zero-order valence-corrected chi connectivity index (χ0v) is 8.90. The molecule has 14 heavy (non-hydrogen) atoms. The molecule has 0 spiro atoms. The Morgan fingerprint density at radius 3 is 3.00 bits per heavy atom. The molecule has 1 N–H and O–H groups in total. The summed E-state index contributed by atoms with van der Waals surface area (Å²) < 4.78 is 1.57. The van der Waals surface area contributed by atoms with Crippen LogP contribution in [-0.2, 0) is 6.42 Å². The molecular weight excluding hydrogens is 214 g/mol. The van der Waals surface area contributed by atoms with Crippen LogP contribution in [0.2, 0.25) is 0 Å². The van der Waals surface area contributed by atoms with Gasteiger partial charge in [-0.3, -0.25) is 0 Å². The molecule has 2 nitrogen and oxygen atoms in total. The number of hydrogen-bond acceptors (Lipinski definition) is 4. The molecule has 0 atom stereocenters. The summed E-state index contributed by atoms with van der Waals surface area (Å²) >= 11 is 5.58. The molecule has 2 rings (SSSR count). The quantitative estimate of drug-likeness (QED) is 0.727. The number of nitriles is 1. The number of benzene rings is 1. The van der Waals surface area contributed by atoms with Crippen molar-refractivity contribution in [3.8, 4) is 11.8 Å². The van der Waals surface area contributed by atoms with Crippen LogP contribution in [0, 0.1) is 11.3 Å². The summed E-state index contributed by atoms with van der Waals surface area (Å²) in [6, 6.07) is 7.74. The minimum atomic E-state index is 0.194. The smallest absolute Gasteiger partial charge is 0.147 e. The van der Waals surface area contributed by atoms with E-state index in [1.54, 1.807) is 0 Å². The Labute approximate surface area is 90.8 Å². The minimum Gasteiger partial charge on any atom is -0.505 e. The molecule has 1 aromatic heterocycles. The Bertz CT molecular complexity index is 525. The van der Waals surface area contributed by atoms with Crippen molar-refractivity contribution in [3.05, 3.63) is 23.8 Å². The first kappa shape index (κ1) is 9.38. The first-order valence-corrected chi connectivity index (χ1v) is 5.29. The van der Waals surface area contributed by atoms with Crippen LogP contribution in [0.1, 0.15) is 5.56 Å². The van der Waals surface area contributed by atoms with E-state index in [9.17, 15) is 5.11 Å². The molecule has 0 aliphatic carbocycles. The largest absolute Gasteiger partial charge is 0.505 e. The number of rotatable bonds is 1. The molecule has 1 aromatic carbocycles. The average Bonchev–Trinajstić information content (AvgIpc) is 2.45. The van der Waals surface area contributed by atoms with E-state index in [-0.39, 0.29) is 5.75 Å². The number of fused-ring (bicyclic) bond motifs is 1. The Kier molecular flexibility index (Phi) is 2.36. The molecule has 0 aliphatic heterocycles. The number of thiol groups is 1. The Balaban J connectivity index is 2.79. The second-order valence-electron chi connectivity index (χ2n) is 2.88. The molecule has 70 valence electrons. The molecule has 0 radical (unpaired) electrons. The fourth-order valence-electron chi connectivity index (χ4n) is 1.42. The van der Waals surface area contributed by atoms with Crippen molar-refractivity contribution < 1.29 is 5.11 Å². The average molecular weight is 221 g/mol. The molecule has 1 heterocycles. The first-order chi connectivity index (χ1) is 6.74. The SMILES string of the molecule is N#CCc1cccc2sc(S)c(O)c12. The predicted molar refractivity (Wildman–Crippen MR) is 60.1 cm³/mol.